The van der Waals surface area contributed by atoms with Gasteiger partial charge in [0, 0.05) is 23.4 Å². The normalized spacial score (nSPS) is 10.8. The highest BCUT2D eigenvalue weighted by molar-refractivity contribution is 5.81. The van der Waals surface area contributed by atoms with Crippen molar-refractivity contribution >= 4 is 0 Å². The molecule has 2 aromatic heterocycles. The van der Waals surface area contributed by atoms with E-state index in [4.69, 9.17) is 9.72 Å². The molecule has 0 bridgehead atoms. The average molecular weight is 459 g/mol. The van der Waals surface area contributed by atoms with E-state index in [-0.39, 0.29) is 5.75 Å². The maximum Gasteiger partial charge on any atom is 0.219 e. The topological polar surface area (TPSA) is 55.2 Å². The van der Waals surface area contributed by atoms with E-state index in [1.807, 2.05) is 60.7 Å². The van der Waals surface area contributed by atoms with E-state index in [1.54, 1.807) is 12.3 Å². The maximum absolute atomic E-state index is 10.6. The van der Waals surface area contributed by atoms with E-state index in [2.05, 4.69) is 50.0 Å². The largest absolute Gasteiger partial charge is 0.507 e. The van der Waals surface area contributed by atoms with Crippen LogP contribution < -0.4 is 4.74 Å². The molecule has 3 aromatic carbocycles. The Hall–Kier alpha value is -4.44. The third-order valence-corrected chi connectivity index (χ3v) is 5.96. The highest BCUT2D eigenvalue weighted by Crippen LogP contribution is 2.37. The summed E-state index contributed by atoms with van der Waals surface area (Å²) in [6.45, 7) is 6.38. The molecule has 5 aromatic rings. The van der Waals surface area contributed by atoms with Gasteiger partial charge in [-0.1, -0.05) is 48.0 Å². The number of hydrogen-bond acceptors (Lipinski definition) is 4. The van der Waals surface area contributed by atoms with E-state index >= 15 is 0 Å². The van der Waals surface area contributed by atoms with Crippen LogP contribution in [0, 0.1) is 20.8 Å². The molecule has 172 valence electrons. The first kappa shape index (κ1) is 22.4. The quantitative estimate of drug-likeness (QED) is 0.291. The van der Waals surface area contributed by atoms with Crippen molar-refractivity contribution < 1.29 is 9.84 Å². The van der Waals surface area contributed by atoms with Crippen molar-refractivity contribution in [2.24, 2.45) is 0 Å². The SMILES string of the molecule is Cc1cc(C)c(-c2cc(-c3cccc(Oc4ccccn4)c3)nc(-c3ccccc3O)c2)c(C)c1. The number of aromatic hydroxyl groups is 1. The van der Waals surface area contributed by atoms with Crippen molar-refractivity contribution in [1.82, 2.24) is 9.97 Å². The number of rotatable bonds is 5. The fraction of sp³-hybridized carbons (Fsp3) is 0.0968. The zero-order chi connectivity index (χ0) is 24.4. The molecule has 0 aliphatic carbocycles. The van der Waals surface area contributed by atoms with Crippen LogP contribution in [0.5, 0.6) is 17.4 Å². The second-order valence-electron chi connectivity index (χ2n) is 8.72. The van der Waals surface area contributed by atoms with Crippen molar-refractivity contribution in [3.05, 3.63) is 114 Å². The van der Waals surface area contributed by atoms with Crippen LogP contribution >= 0.6 is 0 Å². The number of benzene rings is 3. The third-order valence-electron chi connectivity index (χ3n) is 5.96. The van der Waals surface area contributed by atoms with Gasteiger partial charge < -0.3 is 9.84 Å². The molecule has 5 rings (SSSR count). The molecule has 0 saturated heterocycles. The van der Waals surface area contributed by atoms with Crippen molar-refractivity contribution in [3.63, 3.8) is 0 Å². The predicted octanol–water partition coefficient (Wildman–Crippen LogP) is 7.90. The van der Waals surface area contributed by atoms with E-state index < -0.39 is 0 Å². The molecule has 0 fully saturated rings. The molecule has 0 radical (unpaired) electrons. The molecule has 0 amide bonds. The predicted molar refractivity (Wildman–Crippen MR) is 141 cm³/mol. The number of ether oxygens (including phenoxy) is 1. The molecule has 0 unspecified atom stereocenters. The Balaban J connectivity index is 1.67. The summed E-state index contributed by atoms with van der Waals surface area (Å²) in [6, 6.07) is 29.3. The first-order chi connectivity index (χ1) is 17.0. The number of aromatic nitrogens is 2. The summed E-state index contributed by atoms with van der Waals surface area (Å²) in [7, 11) is 0. The van der Waals surface area contributed by atoms with Gasteiger partial charge in [0.2, 0.25) is 5.88 Å². The smallest absolute Gasteiger partial charge is 0.219 e. The molecule has 0 saturated carbocycles. The summed E-state index contributed by atoms with van der Waals surface area (Å²) in [5.74, 6) is 1.42. The van der Waals surface area contributed by atoms with Crippen LogP contribution in [0.2, 0.25) is 0 Å². The second kappa shape index (κ2) is 9.43. The Kier molecular flexibility index (Phi) is 6.02. The van der Waals surface area contributed by atoms with Crippen LogP contribution in [0.1, 0.15) is 16.7 Å². The van der Waals surface area contributed by atoms with Crippen molar-refractivity contribution in [3.8, 4) is 51.0 Å². The van der Waals surface area contributed by atoms with E-state index in [9.17, 15) is 5.11 Å². The minimum Gasteiger partial charge on any atom is -0.507 e. The van der Waals surface area contributed by atoms with Gasteiger partial charge in [-0.2, -0.15) is 0 Å². The Morgan fingerprint density at radius 3 is 2.17 bits per heavy atom. The van der Waals surface area contributed by atoms with E-state index in [0.29, 0.717) is 22.9 Å². The number of aryl methyl sites for hydroxylation is 3. The molecular weight excluding hydrogens is 432 g/mol. The van der Waals surface area contributed by atoms with Crippen LogP contribution in [0.3, 0.4) is 0 Å². The first-order valence-electron chi connectivity index (χ1n) is 11.6. The Bertz CT molecular complexity index is 1490. The molecule has 35 heavy (non-hydrogen) atoms. The van der Waals surface area contributed by atoms with Crippen LogP contribution in [0.25, 0.3) is 33.6 Å². The number of phenols is 1. The number of para-hydroxylation sites is 1. The molecule has 4 nitrogen and oxygen atoms in total. The molecule has 0 aliphatic rings. The molecule has 0 aliphatic heterocycles. The number of phenolic OH excluding ortho intramolecular Hbond substituents is 1. The zero-order valence-corrected chi connectivity index (χ0v) is 20.0. The highest BCUT2D eigenvalue weighted by Gasteiger charge is 2.15. The van der Waals surface area contributed by atoms with Crippen molar-refractivity contribution in [2.75, 3.05) is 0 Å². The summed E-state index contributed by atoms with van der Waals surface area (Å²) in [4.78, 5) is 9.21. The van der Waals surface area contributed by atoms with Crippen LogP contribution in [0.15, 0.2) is 97.2 Å². The lowest BCUT2D eigenvalue weighted by Gasteiger charge is -2.15. The summed E-state index contributed by atoms with van der Waals surface area (Å²) in [5.41, 5.74) is 9.00. The average Bonchev–Trinajstić information content (AvgIpc) is 2.84. The van der Waals surface area contributed by atoms with Gasteiger partial charge in [0.25, 0.3) is 0 Å². The van der Waals surface area contributed by atoms with Gasteiger partial charge in [0.1, 0.15) is 11.5 Å². The van der Waals surface area contributed by atoms with Crippen LogP contribution in [-0.2, 0) is 0 Å². The van der Waals surface area contributed by atoms with Crippen LogP contribution in [-0.4, -0.2) is 15.1 Å². The number of nitrogens with zero attached hydrogens (tertiary/aromatic N) is 2. The van der Waals surface area contributed by atoms with E-state index in [1.165, 1.54) is 22.3 Å². The molecule has 0 spiro atoms. The van der Waals surface area contributed by atoms with Gasteiger partial charge >= 0.3 is 0 Å². The lowest BCUT2D eigenvalue weighted by Crippen LogP contribution is -1.95. The Morgan fingerprint density at radius 2 is 1.43 bits per heavy atom. The minimum atomic E-state index is 0.202. The van der Waals surface area contributed by atoms with E-state index in [0.717, 1.165) is 16.8 Å². The first-order valence-corrected chi connectivity index (χ1v) is 11.6. The van der Waals surface area contributed by atoms with Crippen molar-refractivity contribution in [2.45, 2.75) is 20.8 Å². The standard InChI is InChI=1S/C31H26N2O2/c1-20-15-21(2)31(22(3)16-20)24-18-27(33-28(19-24)26-11-4-5-12-29(26)34)23-9-8-10-25(17-23)35-30-13-6-7-14-32-30/h4-19,34H,1-3H3. The lowest BCUT2D eigenvalue weighted by atomic mass is 9.92. The Labute approximate surface area is 205 Å². The van der Waals surface area contributed by atoms with Gasteiger partial charge in [0.15, 0.2) is 0 Å². The maximum atomic E-state index is 10.6. The third kappa shape index (κ3) is 4.78. The van der Waals surface area contributed by atoms with Gasteiger partial charge in [-0.15, -0.1) is 0 Å². The van der Waals surface area contributed by atoms with Crippen LogP contribution in [0.4, 0.5) is 0 Å². The fourth-order valence-electron chi connectivity index (χ4n) is 4.53. The van der Waals surface area contributed by atoms with Crippen molar-refractivity contribution in [1.29, 1.82) is 0 Å². The monoisotopic (exact) mass is 458 g/mol. The summed E-state index contributed by atoms with van der Waals surface area (Å²) in [5, 5.41) is 10.6. The van der Waals surface area contributed by atoms with Gasteiger partial charge in [-0.25, -0.2) is 9.97 Å². The summed E-state index contributed by atoms with van der Waals surface area (Å²) >= 11 is 0. The fourth-order valence-corrected chi connectivity index (χ4v) is 4.53. The summed E-state index contributed by atoms with van der Waals surface area (Å²) in [6.07, 6.45) is 1.70. The molecule has 4 heteroatoms. The number of hydrogen-bond donors (Lipinski definition) is 1. The molecule has 2 heterocycles. The molecule has 0 atom stereocenters. The second-order valence-corrected chi connectivity index (χ2v) is 8.72. The zero-order valence-electron chi connectivity index (χ0n) is 20.0. The van der Waals surface area contributed by atoms with Gasteiger partial charge in [0.05, 0.1) is 11.4 Å². The molecule has 1 N–H and O–H groups in total. The highest BCUT2D eigenvalue weighted by atomic mass is 16.5. The molecular formula is C31H26N2O2. The lowest BCUT2D eigenvalue weighted by molar-refractivity contribution is 0.463. The Morgan fingerprint density at radius 1 is 0.686 bits per heavy atom. The number of pyridine rings is 2. The summed E-state index contributed by atoms with van der Waals surface area (Å²) < 4.78 is 5.96. The minimum absolute atomic E-state index is 0.202. The van der Waals surface area contributed by atoms with Gasteiger partial charge in [-0.05, 0) is 85.5 Å². The van der Waals surface area contributed by atoms with Gasteiger partial charge in [-0.3, -0.25) is 0 Å².